The summed E-state index contributed by atoms with van der Waals surface area (Å²) in [4.78, 5) is 11.7. The number of hydrogen-bond acceptors (Lipinski definition) is 6. The van der Waals surface area contributed by atoms with Crippen LogP contribution in [0.1, 0.15) is 39.7 Å². The number of amides is 1. The van der Waals surface area contributed by atoms with Gasteiger partial charge in [0.15, 0.2) is 0 Å². The molecule has 1 heterocycles. The van der Waals surface area contributed by atoms with E-state index in [0.29, 0.717) is 12.5 Å². The second-order valence-electron chi connectivity index (χ2n) is 9.10. The lowest BCUT2D eigenvalue weighted by Gasteiger charge is -2.36. The van der Waals surface area contributed by atoms with Gasteiger partial charge in [-0.05, 0) is 75.1 Å². The number of rotatable bonds is 7. The van der Waals surface area contributed by atoms with Crippen molar-refractivity contribution < 1.29 is 35.9 Å². The first kappa shape index (κ1) is 28.0. The summed E-state index contributed by atoms with van der Waals surface area (Å²) < 4.78 is 79.4. The summed E-state index contributed by atoms with van der Waals surface area (Å²) in [5.74, 6) is 1.86. The zero-order chi connectivity index (χ0) is 26.7. The highest BCUT2D eigenvalue weighted by Gasteiger charge is 2.37. The van der Waals surface area contributed by atoms with Crippen molar-refractivity contribution in [3.8, 4) is 5.75 Å². The molecule has 0 aliphatic carbocycles. The minimum atomic E-state index is -4.70. The monoisotopic (exact) mass is 546 g/mol. The lowest BCUT2D eigenvalue weighted by molar-refractivity contribution is -0.137. The number of ether oxygens (including phenoxy) is 2. The van der Waals surface area contributed by atoms with Gasteiger partial charge in [0.1, 0.15) is 17.5 Å². The van der Waals surface area contributed by atoms with Crippen LogP contribution in [0.15, 0.2) is 47.4 Å². The van der Waals surface area contributed by atoms with E-state index in [0.717, 1.165) is 34.0 Å². The van der Waals surface area contributed by atoms with Crippen LogP contribution in [-0.4, -0.2) is 44.3 Å². The zero-order valence-electron chi connectivity index (χ0n) is 20.4. The van der Waals surface area contributed by atoms with Crippen molar-refractivity contribution in [3.05, 3.63) is 48.0 Å². The number of halogens is 3. The van der Waals surface area contributed by atoms with Gasteiger partial charge in [-0.1, -0.05) is 13.0 Å². The van der Waals surface area contributed by atoms with E-state index in [2.05, 4.69) is 5.32 Å². The van der Waals surface area contributed by atoms with Gasteiger partial charge in [-0.25, -0.2) is 13.2 Å². The van der Waals surface area contributed by atoms with Crippen molar-refractivity contribution in [1.29, 1.82) is 0 Å². The Labute approximate surface area is 213 Å². The maximum Gasteiger partial charge on any atom is 0.416 e. The van der Waals surface area contributed by atoms with Crippen molar-refractivity contribution in [1.82, 2.24) is 0 Å². The standard InChI is InChI=1S/C24H29F3N2O5S2/c1-5-35-12-11-18-15-29(36(31,32)19-8-6-7-16(13-19)24(25,26)27)20-14-17(9-10-21(20)33-18)28-22(30)34-23(2,3)4/h6-10,13-14,18H,5,11-12,15H2,1-4H3,(H,28,30). The molecule has 3 rings (SSSR count). The van der Waals surface area contributed by atoms with Gasteiger partial charge in [-0.3, -0.25) is 9.62 Å². The van der Waals surface area contributed by atoms with Crippen LogP contribution in [-0.2, 0) is 20.9 Å². The fourth-order valence-electron chi connectivity index (χ4n) is 3.51. The molecule has 0 spiro atoms. The molecule has 0 radical (unpaired) electrons. The highest BCUT2D eigenvalue weighted by Crippen LogP contribution is 2.40. The molecule has 198 valence electrons. The van der Waals surface area contributed by atoms with Gasteiger partial charge in [0.05, 0.1) is 22.7 Å². The Morgan fingerprint density at radius 3 is 2.56 bits per heavy atom. The Kier molecular flexibility index (Phi) is 8.39. The van der Waals surface area contributed by atoms with E-state index in [4.69, 9.17) is 9.47 Å². The van der Waals surface area contributed by atoms with Crippen LogP contribution in [0, 0.1) is 0 Å². The van der Waals surface area contributed by atoms with Crippen molar-refractivity contribution in [3.63, 3.8) is 0 Å². The molecule has 0 bridgehead atoms. The van der Waals surface area contributed by atoms with Crippen LogP contribution >= 0.6 is 11.8 Å². The molecule has 1 unspecified atom stereocenters. The van der Waals surface area contributed by atoms with E-state index in [-0.39, 0.29) is 23.7 Å². The number of thioether (sulfide) groups is 1. The molecule has 2 aromatic rings. The maximum atomic E-state index is 13.6. The Balaban J connectivity index is 2.00. The molecule has 0 saturated carbocycles. The van der Waals surface area contributed by atoms with Gasteiger partial charge in [0, 0.05) is 5.69 Å². The van der Waals surface area contributed by atoms with Crippen LogP contribution < -0.4 is 14.4 Å². The van der Waals surface area contributed by atoms with E-state index in [9.17, 15) is 26.4 Å². The SMILES string of the molecule is CCSCCC1CN(S(=O)(=O)c2cccc(C(F)(F)F)c2)c2cc(NC(=O)OC(C)(C)C)ccc2O1. The topological polar surface area (TPSA) is 84.9 Å². The number of carbonyl (C=O) groups excluding carboxylic acids is 1. The summed E-state index contributed by atoms with van der Waals surface area (Å²) in [7, 11) is -4.39. The smallest absolute Gasteiger partial charge is 0.416 e. The van der Waals surface area contributed by atoms with Crippen molar-refractivity contribution >= 4 is 39.3 Å². The molecule has 0 saturated heterocycles. The lowest BCUT2D eigenvalue weighted by atomic mass is 10.2. The number of carbonyl (C=O) groups is 1. The van der Waals surface area contributed by atoms with Gasteiger partial charge in [-0.2, -0.15) is 24.9 Å². The summed E-state index contributed by atoms with van der Waals surface area (Å²) in [6.07, 6.45) is -5.38. The van der Waals surface area contributed by atoms with Crippen LogP contribution in [0.3, 0.4) is 0 Å². The molecule has 1 aliphatic rings. The van der Waals surface area contributed by atoms with E-state index in [1.807, 2.05) is 6.92 Å². The zero-order valence-corrected chi connectivity index (χ0v) is 22.0. The third kappa shape index (κ3) is 7.00. The average molecular weight is 547 g/mol. The number of anilines is 2. The number of nitrogens with zero attached hydrogens (tertiary/aromatic N) is 1. The summed E-state index contributed by atoms with van der Waals surface area (Å²) in [6, 6.07) is 8.10. The van der Waals surface area contributed by atoms with Gasteiger partial charge < -0.3 is 9.47 Å². The van der Waals surface area contributed by atoms with Gasteiger partial charge in [0.2, 0.25) is 0 Å². The first-order valence-corrected chi connectivity index (χ1v) is 13.9. The molecule has 1 N–H and O–H groups in total. The van der Waals surface area contributed by atoms with E-state index >= 15 is 0 Å². The summed E-state index contributed by atoms with van der Waals surface area (Å²) in [5, 5.41) is 2.55. The maximum absolute atomic E-state index is 13.6. The van der Waals surface area contributed by atoms with Crippen molar-refractivity contribution in [2.24, 2.45) is 0 Å². The van der Waals surface area contributed by atoms with E-state index in [1.165, 1.54) is 12.1 Å². The quantitative estimate of drug-likeness (QED) is 0.419. The largest absolute Gasteiger partial charge is 0.486 e. The predicted molar refractivity (Wildman–Crippen MR) is 134 cm³/mol. The number of benzene rings is 2. The number of sulfonamides is 1. The first-order valence-electron chi connectivity index (χ1n) is 11.3. The second kappa shape index (κ2) is 10.8. The second-order valence-corrected chi connectivity index (χ2v) is 12.4. The molecule has 36 heavy (non-hydrogen) atoms. The Hall–Kier alpha value is -2.60. The van der Waals surface area contributed by atoms with Crippen molar-refractivity contribution in [2.45, 2.75) is 56.9 Å². The first-order chi connectivity index (χ1) is 16.7. The molecule has 1 aliphatic heterocycles. The van der Waals surface area contributed by atoms with Crippen LogP contribution in [0.25, 0.3) is 0 Å². The van der Waals surface area contributed by atoms with Gasteiger partial charge >= 0.3 is 12.3 Å². The highest BCUT2D eigenvalue weighted by atomic mass is 32.2. The highest BCUT2D eigenvalue weighted by molar-refractivity contribution is 7.99. The normalized spacial score (nSPS) is 16.2. The molecular weight excluding hydrogens is 517 g/mol. The third-order valence-corrected chi connectivity index (χ3v) is 7.78. The summed E-state index contributed by atoms with van der Waals surface area (Å²) in [5.41, 5.74) is -1.45. The Morgan fingerprint density at radius 1 is 1.19 bits per heavy atom. The van der Waals surface area contributed by atoms with Crippen LogP contribution in [0.5, 0.6) is 5.75 Å². The number of hydrogen-bond donors (Lipinski definition) is 1. The molecule has 12 heteroatoms. The molecule has 0 aromatic heterocycles. The Bertz CT molecular complexity index is 1200. The third-order valence-electron chi connectivity index (χ3n) is 5.07. The molecule has 0 fully saturated rings. The molecule has 1 amide bonds. The van der Waals surface area contributed by atoms with E-state index in [1.54, 1.807) is 38.6 Å². The summed E-state index contributed by atoms with van der Waals surface area (Å²) in [6.45, 7) is 7.02. The van der Waals surface area contributed by atoms with E-state index < -0.39 is 44.5 Å². The van der Waals surface area contributed by atoms with Crippen LogP contribution in [0.2, 0.25) is 0 Å². The van der Waals surface area contributed by atoms with Gasteiger partial charge in [-0.15, -0.1) is 0 Å². The summed E-state index contributed by atoms with van der Waals surface area (Å²) >= 11 is 1.67. The van der Waals surface area contributed by atoms with Gasteiger partial charge in [0.25, 0.3) is 10.0 Å². The van der Waals surface area contributed by atoms with Crippen molar-refractivity contribution in [2.75, 3.05) is 27.7 Å². The minimum absolute atomic E-state index is 0.0915. The number of alkyl halides is 3. The molecular formula is C24H29F3N2O5S2. The number of fused-ring (bicyclic) bond motifs is 1. The number of nitrogens with one attached hydrogen (secondary N) is 1. The fraction of sp³-hybridized carbons (Fsp3) is 0.458. The molecule has 1 atom stereocenters. The molecule has 7 nitrogen and oxygen atoms in total. The fourth-order valence-corrected chi connectivity index (χ4v) is 5.77. The average Bonchev–Trinajstić information content (AvgIpc) is 2.77. The lowest BCUT2D eigenvalue weighted by Crippen LogP contribution is -2.44. The predicted octanol–water partition coefficient (Wildman–Crippen LogP) is 6.15. The Morgan fingerprint density at radius 2 is 1.92 bits per heavy atom. The van der Waals surface area contributed by atoms with Crippen LogP contribution in [0.4, 0.5) is 29.3 Å². The molecule has 2 aromatic carbocycles. The minimum Gasteiger partial charge on any atom is -0.486 e.